The second-order valence-corrected chi connectivity index (χ2v) is 15.8. The fourth-order valence-corrected chi connectivity index (χ4v) is 8.86. The van der Waals surface area contributed by atoms with E-state index in [1.165, 1.54) is 22.4 Å². The molecule has 17 heteroatoms. The fraction of sp³-hybridized carbons (Fsp3) is 0.528. The molecule has 2 atom stereocenters. The van der Waals surface area contributed by atoms with E-state index in [2.05, 4.69) is 42.0 Å². The van der Waals surface area contributed by atoms with Crippen molar-refractivity contribution in [2.45, 2.75) is 88.6 Å². The Balaban J connectivity index is 1.06. The van der Waals surface area contributed by atoms with Crippen molar-refractivity contribution < 1.29 is 28.4 Å². The largest absolute Gasteiger partial charge is 0.367 e. The van der Waals surface area contributed by atoms with Crippen LogP contribution in [-0.2, 0) is 38.7 Å². The molecule has 3 aromatic rings. The highest BCUT2D eigenvalue weighted by Crippen LogP contribution is 2.40. The fourth-order valence-electron chi connectivity index (χ4n) is 7.80. The van der Waals surface area contributed by atoms with Crippen LogP contribution in [0.1, 0.15) is 76.8 Å². The summed E-state index contributed by atoms with van der Waals surface area (Å²) < 4.78 is 17.2. The van der Waals surface area contributed by atoms with Gasteiger partial charge in [-0.3, -0.25) is 34.0 Å². The molecule has 0 radical (unpaired) electrons. The second kappa shape index (κ2) is 14.9. The molecule has 1 saturated heterocycles. The first-order chi connectivity index (χ1) is 25.7. The van der Waals surface area contributed by atoms with E-state index in [0.29, 0.717) is 52.9 Å². The molecule has 5 amide bonds. The van der Waals surface area contributed by atoms with Crippen LogP contribution in [0.2, 0.25) is 0 Å². The molecule has 2 aliphatic carbocycles. The minimum atomic E-state index is -0.913. The lowest BCUT2D eigenvalue weighted by atomic mass is 9.91. The number of piperidine rings is 1. The summed E-state index contributed by atoms with van der Waals surface area (Å²) in [6, 6.07) is 2.08. The van der Waals surface area contributed by atoms with Gasteiger partial charge in [-0.05, 0) is 68.6 Å². The van der Waals surface area contributed by atoms with Crippen LogP contribution >= 0.6 is 11.3 Å². The van der Waals surface area contributed by atoms with E-state index in [1.807, 2.05) is 6.07 Å². The van der Waals surface area contributed by atoms with E-state index >= 15 is 4.39 Å². The smallest absolute Gasteiger partial charge is 0.265 e. The molecule has 53 heavy (non-hydrogen) atoms. The van der Waals surface area contributed by atoms with Gasteiger partial charge in [0.15, 0.2) is 0 Å². The highest BCUT2D eigenvalue weighted by atomic mass is 32.1. The molecule has 15 nitrogen and oxygen atoms in total. The molecular formula is C36H43FN10O5S. The van der Waals surface area contributed by atoms with Crippen molar-refractivity contribution in [3.05, 3.63) is 51.4 Å². The van der Waals surface area contributed by atoms with Crippen LogP contribution < -0.4 is 31.9 Å². The standard InChI is InChI=1S/C36H43FN10O5S/c37-26-15-41-30-11-24(26)25-14-43-47(27(25)9-19-1-2-19)29-12-28(34(50)45-35(29)51)46-18-20-10-23(53-33(20)36(46)52)13-42-31(48)16-38-7-8-39-32(49)17-40-21-3-5-22(44-30)6-4-21/h10-11,14-15,19,21-22,28-29,38,40H,1-9,12-13,16-18H2,(H,39,49)(H,41,44)(H,42,48)(H,45,50,51). The molecule has 0 spiro atoms. The summed E-state index contributed by atoms with van der Waals surface area (Å²) in [5, 5.41) is 22.7. The molecule has 12 bridgehead atoms. The monoisotopic (exact) mass is 746 g/mol. The Kier molecular flexibility index (Phi) is 9.95. The molecule has 6 N–H and O–H groups in total. The number of nitrogens with one attached hydrogen (secondary N) is 6. The van der Waals surface area contributed by atoms with Gasteiger partial charge in [0.05, 0.1) is 36.9 Å². The summed E-state index contributed by atoms with van der Waals surface area (Å²) in [4.78, 5) is 72.4. The van der Waals surface area contributed by atoms with Crippen LogP contribution in [0.3, 0.4) is 0 Å². The summed E-state index contributed by atoms with van der Waals surface area (Å²) in [7, 11) is 0. The highest BCUT2D eigenvalue weighted by Gasteiger charge is 2.45. The number of carbonyl (C=O) groups excluding carboxylic acids is 5. The van der Waals surface area contributed by atoms with Crippen LogP contribution in [0.4, 0.5) is 10.2 Å². The normalized spacial score (nSPS) is 25.8. The quantitative estimate of drug-likeness (QED) is 0.209. The number of pyridine rings is 1. The first-order valence-electron chi connectivity index (χ1n) is 18.4. The number of hydrogen-bond acceptors (Lipinski definition) is 11. The maximum Gasteiger partial charge on any atom is 0.265 e. The van der Waals surface area contributed by atoms with Gasteiger partial charge in [0.2, 0.25) is 17.7 Å². The van der Waals surface area contributed by atoms with Crippen LogP contribution in [0, 0.1) is 11.7 Å². The van der Waals surface area contributed by atoms with E-state index < -0.39 is 29.7 Å². The Hall–Kier alpha value is -4.74. The van der Waals surface area contributed by atoms with Crippen LogP contribution in [0.15, 0.2) is 24.5 Å². The number of rotatable bonds is 2. The minimum Gasteiger partial charge on any atom is -0.367 e. The number of anilines is 1. The molecule has 8 aliphatic rings. The van der Waals surface area contributed by atoms with Crippen molar-refractivity contribution in [1.82, 2.24) is 46.2 Å². The Morgan fingerprint density at radius 3 is 2.40 bits per heavy atom. The molecule has 6 aliphatic heterocycles. The van der Waals surface area contributed by atoms with E-state index in [1.54, 1.807) is 16.9 Å². The Bertz CT molecular complexity index is 1940. The van der Waals surface area contributed by atoms with Crippen molar-refractivity contribution >= 4 is 46.7 Å². The second-order valence-electron chi connectivity index (χ2n) is 14.6. The third-order valence-electron chi connectivity index (χ3n) is 10.8. The van der Waals surface area contributed by atoms with Crippen molar-refractivity contribution in [1.29, 1.82) is 0 Å². The maximum absolute atomic E-state index is 15.6. The topological polar surface area (TPSA) is 191 Å². The SMILES string of the molecule is O=C1CNCCNC(=O)CNC2CCC(CC2)Nc2cc(c(F)cn2)-c2cnn(c2CC2CC2)C2CC(C(=O)NC2=O)N2Cc3cc(sc3C2=O)CN1. The highest BCUT2D eigenvalue weighted by molar-refractivity contribution is 7.14. The molecular weight excluding hydrogens is 704 g/mol. The van der Waals surface area contributed by atoms with Gasteiger partial charge in [-0.25, -0.2) is 9.37 Å². The average Bonchev–Trinajstić information content (AvgIpc) is 3.61. The summed E-state index contributed by atoms with van der Waals surface area (Å²) in [6.45, 7) is 1.53. The van der Waals surface area contributed by atoms with Gasteiger partial charge in [0, 0.05) is 59.8 Å². The van der Waals surface area contributed by atoms with Gasteiger partial charge in [0.1, 0.15) is 23.7 Å². The van der Waals surface area contributed by atoms with Gasteiger partial charge < -0.3 is 31.5 Å². The number of hydrogen-bond donors (Lipinski definition) is 6. The van der Waals surface area contributed by atoms with Crippen LogP contribution in [0.5, 0.6) is 0 Å². The van der Waals surface area contributed by atoms with Gasteiger partial charge in [-0.2, -0.15) is 5.10 Å². The number of halogens is 1. The molecule has 3 aromatic heterocycles. The third kappa shape index (κ3) is 7.68. The summed E-state index contributed by atoms with van der Waals surface area (Å²) >= 11 is 1.27. The molecule has 280 valence electrons. The van der Waals surface area contributed by atoms with Crippen molar-refractivity contribution in [2.75, 3.05) is 31.5 Å². The van der Waals surface area contributed by atoms with E-state index in [-0.39, 0.29) is 62.4 Å². The van der Waals surface area contributed by atoms with Crippen LogP contribution in [-0.4, -0.2) is 93.5 Å². The average molecular weight is 747 g/mol. The molecule has 0 aromatic carbocycles. The van der Waals surface area contributed by atoms with Gasteiger partial charge in [0.25, 0.3) is 11.8 Å². The van der Waals surface area contributed by atoms with E-state index in [0.717, 1.165) is 49.0 Å². The zero-order valence-electron chi connectivity index (χ0n) is 29.2. The van der Waals surface area contributed by atoms with Crippen molar-refractivity contribution in [3.8, 4) is 11.1 Å². The number of amides is 5. The molecule has 2 unspecified atom stereocenters. The predicted molar refractivity (Wildman–Crippen MR) is 192 cm³/mol. The number of thiophene rings is 1. The number of nitrogens with zero attached hydrogens (tertiary/aromatic N) is 4. The summed E-state index contributed by atoms with van der Waals surface area (Å²) in [6.07, 6.45) is 8.86. The zero-order valence-corrected chi connectivity index (χ0v) is 30.0. The Morgan fingerprint density at radius 1 is 0.830 bits per heavy atom. The first-order valence-corrected chi connectivity index (χ1v) is 19.3. The number of aromatic nitrogens is 3. The number of imide groups is 1. The zero-order chi connectivity index (χ0) is 36.6. The lowest BCUT2D eigenvalue weighted by molar-refractivity contribution is -0.140. The maximum atomic E-state index is 15.6. The first kappa shape index (κ1) is 35.3. The lowest BCUT2D eigenvalue weighted by Crippen LogP contribution is -2.56. The van der Waals surface area contributed by atoms with Crippen molar-refractivity contribution in [2.24, 2.45) is 5.92 Å². The summed E-state index contributed by atoms with van der Waals surface area (Å²) in [5.74, 6) is -1.28. The third-order valence-corrected chi connectivity index (χ3v) is 12.0. The van der Waals surface area contributed by atoms with E-state index in [9.17, 15) is 24.0 Å². The molecule has 3 fully saturated rings. The molecule has 2 saturated carbocycles. The van der Waals surface area contributed by atoms with Gasteiger partial charge >= 0.3 is 0 Å². The predicted octanol–water partition coefficient (Wildman–Crippen LogP) is 1.36. The molecule has 11 rings (SSSR count). The van der Waals surface area contributed by atoms with Gasteiger partial charge in [-0.15, -0.1) is 11.3 Å². The van der Waals surface area contributed by atoms with E-state index in [4.69, 9.17) is 0 Å². The van der Waals surface area contributed by atoms with Gasteiger partial charge in [-0.1, -0.05) is 0 Å². The number of carbonyl (C=O) groups is 5. The lowest BCUT2D eigenvalue weighted by Gasteiger charge is -2.34. The molecule has 9 heterocycles. The minimum absolute atomic E-state index is 0.0346. The Morgan fingerprint density at radius 2 is 1.60 bits per heavy atom. The summed E-state index contributed by atoms with van der Waals surface area (Å²) in [5.41, 5.74) is 2.37. The van der Waals surface area contributed by atoms with Crippen LogP contribution in [0.25, 0.3) is 11.1 Å². The van der Waals surface area contributed by atoms with Crippen molar-refractivity contribution in [3.63, 3.8) is 0 Å². The Labute approximate surface area is 309 Å².